The summed E-state index contributed by atoms with van der Waals surface area (Å²) in [4.78, 5) is 15.4. The average Bonchev–Trinajstić information content (AvgIpc) is 2.48. The molecule has 0 spiro atoms. The van der Waals surface area contributed by atoms with Crippen molar-refractivity contribution in [3.05, 3.63) is 35.9 Å². The quantitative estimate of drug-likeness (QED) is 0.899. The first-order chi connectivity index (χ1) is 10.3. The summed E-state index contributed by atoms with van der Waals surface area (Å²) in [7, 11) is 0. The van der Waals surface area contributed by atoms with Gasteiger partial charge in [-0.3, -0.25) is 4.90 Å². The molecular weight excluding hydrogens is 278 g/mol. The predicted molar refractivity (Wildman–Crippen MR) is 87.8 cm³/mol. The molecule has 2 unspecified atom stereocenters. The fraction of sp³-hybridized carbons (Fsp3) is 0.588. The summed E-state index contributed by atoms with van der Waals surface area (Å²) in [6, 6.07) is 10.3. The van der Waals surface area contributed by atoms with Crippen molar-refractivity contribution in [2.75, 3.05) is 26.2 Å². The van der Waals surface area contributed by atoms with Gasteiger partial charge >= 0.3 is 6.09 Å². The fourth-order valence-corrected chi connectivity index (χ4v) is 3.23. The van der Waals surface area contributed by atoms with Crippen LogP contribution in [0.2, 0.25) is 0 Å². The molecule has 0 bridgehead atoms. The highest BCUT2D eigenvalue weighted by Gasteiger charge is 2.39. The highest BCUT2D eigenvalue weighted by molar-refractivity contribution is 5.65. The molecule has 2 atom stereocenters. The summed E-state index contributed by atoms with van der Waals surface area (Å²) < 4.78 is 0. The molecule has 3 N–H and O–H groups in total. The molecule has 1 fully saturated rings. The van der Waals surface area contributed by atoms with Crippen LogP contribution in [-0.4, -0.2) is 53.2 Å². The lowest BCUT2D eigenvalue weighted by Crippen LogP contribution is -2.60. The van der Waals surface area contributed by atoms with E-state index in [1.807, 2.05) is 18.2 Å². The van der Waals surface area contributed by atoms with E-state index < -0.39 is 6.09 Å². The first kappa shape index (κ1) is 16.8. The van der Waals surface area contributed by atoms with Crippen LogP contribution in [0.15, 0.2) is 30.3 Å². The number of nitrogens with zero attached hydrogens (tertiary/aromatic N) is 2. The molecule has 1 saturated heterocycles. The van der Waals surface area contributed by atoms with Crippen LogP contribution < -0.4 is 5.73 Å². The van der Waals surface area contributed by atoms with Crippen molar-refractivity contribution in [2.24, 2.45) is 11.1 Å². The number of hydrogen-bond acceptors (Lipinski definition) is 3. The smallest absolute Gasteiger partial charge is 0.407 e. The number of amides is 1. The Morgan fingerprint density at radius 1 is 1.32 bits per heavy atom. The largest absolute Gasteiger partial charge is 0.465 e. The van der Waals surface area contributed by atoms with E-state index in [9.17, 15) is 9.90 Å². The summed E-state index contributed by atoms with van der Waals surface area (Å²) in [6.45, 7) is 8.78. The Hall–Kier alpha value is -1.59. The van der Waals surface area contributed by atoms with Crippen LogP contribution in [-0.2, 0) is 0 Å². The number of rotatable bonds is 3. The number of piperazine rings is 1. The van der Waals surface area contributed by atoms with Crippen LogP contribution in [0, 0.1) is 5.41 Å². The average molecular weight is 305 g/mol. The Balaban J connectivity index is 2.21. The van der Waals surface area contributed by atoms with Crippen molar-refractivity contribution >= 4 is 6.09 Å². The number of carboxylic acid groups (broad SMARTS) is 1. The first-order valence-corrected chi connectivity index (χ1v) is 7.83. The van der Waals surface area contributed by atoms with Crippen LogP contribution in [0.3, 0.4) is 0 Å². The molecule has 1 heterocycles. The van der Waals surface area contributed by atoms with E-state index in [4.69, 9.17) is 5.73 Å². The molecule has 1 amide bonds. The molecule has 0 aromatic heterocycles. The monoisotopic (exact) mass is 305 g/mol. The van der Waals surface area contributed by atoms with Crippen LogP contribution >= 0.6 is 0 Å². The molecule has 0 saturated carbocycles. The van der Waals surface area contributed by atoms with E-state index in [2.05, 4.69) is 37.8 Å². The van der Waals surface area contributed by atoms with Gasteiger partial charge in [0.1, 0.15) is 0 Å². The van der Waals surface area contributed by atoms with Gasteiger partial charge in [-0.05, 0) is 11.0 Å². The van der Waals surface area contributed by atoms with Gasteiger partial charge in [-0.15, -0.1) is 0 Å². The number of benzene rings is 1. The molecule has 2 rings (SSSR count). The third-order valence-corrected chi connectivity index (χ3v) is 4.51. The van der Waals surface area contributed by atoms with Crippen molar-refractivity contribution in [3.8, 4) is 0 Å². The molecule has 5 heteroatoms. The Morgan fingerprint density at radius 3 is 2.45 bits per heavy atom. The van der Waals surface area contributed by atoms with Gasteiger partial charge < -0.3 is 15.7 Å². The minimum absolute atomic E-state index is 0.0310. The zero-order chi connectivity index (χ0) is 16.3. The molecule has 0 radical (unpaired) electrons. The van der Waals surface area contributed by atoms with Crippen LogP contribution in [0.1, 0.15) is 32.4 Å². The van der Waals surface area contributed by atoms with Crippen LogP contribution in [0.4, 0.5) is 4.79 Å². The summed E-state index contributed by atoms with van der Waals surface area (Å²) in [5, 5.41) is 9.45. The maximum atomic E-state index is 11.5. The Morgan fingerprint density at radius 2 is 1.95 bits per heavy atom. The second-order valence-corrected chi connectivity index (χ2v) is 7.01. The fourth-order valence-electron chi connectivity index (χ4n) is 3.23. The van der Waals surface area contributed by atoms with Gasteiger partial charge in [-0.2, -0.15) is 0 Å². The number of hydrogen-bond donors (Lipinski definition) is 2. The maximum Gasteiger partial charge on any atom is 0.407 e. The highest BCUT2D eigenvalue weighted by Crippen LogP contribution is 2.31. The molecule has 5 nitrogen and oxygen atoms in total. The Bertz CT molecular complexity index is 498. The second-order valence-electron chi connectivity index (χ2n) is 7.01. The molecule has 22 heavy (non-hydrogen) atoms. The molecule has 0 aliphatic carbocycles. The van der Waals surface area contributed by atoms with Gasteiger partial charge in [-0.1, -0.05) is 51.1 Å². The molecule has 1 aromatic carbocycles. The van der Waals surface area contributed by atoms with Gasteiger partial charge in [0.2, 0.25) is 0 Å². The van der Waals surface area contributed by atoms with Gasteiger partial charge in [0.15, 0.2) is 0 Å². The van der Waals surface area contributed by atoms with Crippen molar-refractivity contribution in [1.29, 1.82) is 0 Å². The molecule has 122 valence electrons. The highest BCUT2D eigenvalue weighted by atomic mass is 16.4. The van der Waals surface area contributed by atoms with E-state index >= 15 is 0 Å². The lowest BCUT2D eigenvalue weighted by Gasteiger charge is -2.48. The third kappa shape index (κ3) is 3.59. The van der Waals surface area contributed by atoms with Gasteiger partial charge in [0.25, 0.3) is 0 Å². The molecule has 1 aromatic rings. The van der Waals surface area contributed by atoms with Crippen LogP contribution in [0.25, 0.3) is 0 Å². The maximum absolute atomic E-state index is 11.5. The Labute approximate surface area is 132 Å². The summed E-state index contributed by atoms with van der Waals surface area (Å²) in [5.74, 6) is 0. The zero-order valence-corrected chi connectivity index (χ0v) is 13.7. The molecule has 1 aliphatic rings. The van der Waals surface area contributed by atoms with E-state index in [0.29, 0.717) is 19.6 Å². The standard InChI is InChI=1S/C17H27N3O2/c1-17(2,3)15-12-19(9-10-20(15)16(21)22)14(11-18)13-7-5-4-6-8-13/h4-8,14-15H,9-12,18H2,1-3H3,(H,21,22). The Kier molecular flexibility index (Phi) is 5.08. The van der Waals surface area contributed by atoms with E-state index in [1.54, 1.807) is 4.90 Å². The molecule has 1 aliphatic heterocycles. The lowest BCUT2D eigenvalue weighted by atomic mass is 9.83. The summed E-state index contributed by atoms with van der Waals surface area (Å²) >= 11 is 0. The number of carbonyl (C=O) groups is 1. The first-order valence-electron chi connectivity index (χ1n) is 7.83. The van der Waals surface area contributed by atoms with Crippen molar-refractivity contribution < 1.29 is 9.90 Å². The SMILES string of the molecule is CC(C)(C)C1CN(C(CN)c2ccccc2)CCN1C(=O)O. The summed E-state index contributed by atoms with van der Waals surface area (Å²) in [5.41, 5.74) is 7.10. The number of nitrogens with two attached hydrogens (primary N) is 1. The minimum atomic E-state index is -0.830. The van der Waals surface area contributed by atoms with Crippen LogP contribution in [0.5, 0.6) is 0 Å². The lowest BCUT2D eigenvalue weighted by molar-refractivity contribution is 0.00671. The van der Waals surface area contributed by atoms with Crippen molar-refractivity contribution in [3.63, 3.8) is 0 Å². The van der Waals surface area contributed by atoms with Gasteiger partial charge in [0, 0.05) is 32.2 Å². The minimum Gasteiger partial charge on any atom is -0.465 e. The van der Waals surface area contributed by atoms with E-state index in [1.165, 1.54) is 5.56 Å². The van der Waals surface area contributed by atoms with Crippen molar-refractivity contribution in [2.45, 2.75) is 32.9 Å². The molecular formula is C17H27N3O2. The zero-order valence-electron chi connectivity index (χ0n) is 13.7. The topological polar surface area (TPSA) is 69.8 Å². The van der Waals surface area contributed by atoms with Gasteiger partial charge in [-0.25, -0.2) is 4.79 Å². The predicted octanol–water partition coefficient (Wildman–Crippen LogP) is 2.40. The third-order valence-electron chi connectivity index (χ3n) is 4.51. The van der Waals surface area contributed by atoms with E-state index in [0.717, 1.165) is 6.54 Å². The second kappa shape index (κ2) is 6.67. The summed E-state index contributed by atoms with van der Waals surface area (Å²) in [6.07, 6.45) is -0.830. The van der Waals surface area contributed by atoms with Crippen molar-refractivity contribution in [1.82, 2.24) is 9.80 Å². The van der Waals surface area contributed by atoms with E-state index in [-0.39, 0.29) is 17.5 Å². The van der Waals surface area contributed by atoms with Gasteiger partial charge in [0.05, 0.1) is 6.04 Å². The normalized spacial score (nSPS) is 21.6.